The summed E-state index contributed by atoms with van der Waals surface area (Å²) in [6, 6.07) is 35.9. The van der Waals surface area contributed by atoms with Crippen molar-refractivity contribution in [1.82, 2.24) is 9.55 Å². The molecular formula is C32H17N5. The summed E-state index contributed by atoms with van der Waals surface area (Å²) in [5.41, 5.74) is 7.92. The molecule has 0 bridgehead atoms. The average molecular weight is 472 g/mol. The number of hydrogen-bond donors (Lipinski definition) is 0. The van der Waals surface area contributed by atoms with Crippen LogP contribution >= 0.6 is 0 Å². The third-order valence-electron chi connectivity index (χ3n) is 6.52. The lowest BCUT2D eigenvalue weighted by atomic mass is 9.99. The fourth-order valence-corrected chi connectivity index (χ4v) is 4.87. The maximum atomic E-state index is 9.82. The van der Waals surface area contributed by atoms with E-state index in [-0.39, 0.29) is 0 Å². The number of fused-ring (bicyclic) bond motifs is 3. The Morgan fingerprint density at radius 2 is 1.14 bits per heavy atom. The second-order valence-corrected chi connectivity index (χ2v) is 8.72. The second kappa shape index (κ2) is 8.82. The first-order valence-corrected chi connectivity index (χ1v) is 11.6. The summed E-state index contributed by atoms with van der Waals surface area (Å²) in [7, 11) is 0. The van der Waals surface area contributed by atoms with Crippen molar-refractivity contribution in [2.24, 2.45) is 0 Å². The van der Waals surface area contributed by atoms with Gasteiger partial charge in [-0.25, -0.2) is 0 Å². The van der Waals surface area contributed by atoms with Gasteiger partial charge in [-0.3, -0.25) is 4.98 Å². The first-order valence-electron chi connectivity index (χ1n) is 11.6. The van der Waals surface area contributed by atoms with Gasteiger partial charge in [0.2, 0.25) is 0 Å². The molecule has 0 aliphatic heterocycles. The van der Waals surface area contributed by atoms with Gasteiger partial charge < -0.3 is 4.57 Å². The van der Waals surface area contributed by atoms with Crippen LogP contribution in [0.25, 0.3) is 49.7 Å². The van der Waals surface area contributed by atoms with Crippen LogP contribution in [0.2, 0.25) is 0 Å². The molecule has 0 saturated heterocycles. The van der Waals surface area contributed by atoms with Crippen LogP contribution in [0, 0.1) is 34.0 Å². The molecule has 0 radical (unpaired) electrons. The molecule has 6 rings (SSSR count). The summed E-state index contributed by atoms with van der Waals surface area (Å²) in [5.74, 6) is 0. The quantitative estimate of drug-likeness (QED) is 0.275. The maximum Gasteiger partial charge on any atom is 0.0992 e. The highest BCUT2D eigenvalue weighted by atomic mass is 15.0. The van der Waals surface area contributed by atoms with Crippen LogP contribution in [-0.2, 0) is 0 Å². The van der Waals surface area contributed by atoms with Crippen molar-refractivity contribution in [1.29, 1.82) is 15.8 Å². The highest BCUT2D eigenvalue weighted by Crippen LogP contribution is 2.36. The van der Waals surface area contributed by atoms with Crippen molar-refractivity contribution in [2.75, 3.05) is 0 Å². The van der Waals surface area contributed by atoms with Crippen LogP contribution in [0.5, 0.6) is 0 Å². The van der Waals surface area contributed by atoms with Gasteiger partial charge in [0.1, 0.15) is 0 Å². The number of para-hydroxylation sites is 1. The summed E-state index contributed by atoms with van der Waals surface area (Å²) >= 11 is 0. The summed E-state index contributed by atoms with van der Waals surface area (Å²) in [6.45, 7) is 0. The molecule has 0 aliphatic rings. The minimum atomic E-state index is 0.443. The molecule has 2 heterocycles. The molecule has 2 aromatic heterocycles. The molecule has 0 amide bonds. The minimum absolute atomic E-state index is 0.443. The van der Waals surface area contributed by atoms with Crippen molar-refractivity contribution < 1.29 is 0 Å². The van der Waals surface area contributed by atoms with E-state index in [1.807, 2.05) is 42.5 Å². The summed E-state index contributed by atoms with van der Waals surface area (Å²) in [4.78, 5) is 4.12. The van der Waals surface area contributed by atoms with E-state index >= 15 is 0 Å². The maximum absolute atomic E-state index is 9.82. The normalized spacial score (nSPS) is 10.6. The van der Waals surface area contributed by atoms with Crippen molar-refractivity contribution in [2.45, 2.75) is 0 Å². The van der Waals surface area contributed by atoms with Crippen LogP contribution < -0.4 is 0 Å². The van der Waals surface area contributed by atoms with E-state index in [0.717, 1.165) is 49.7 Å². The van der Waals surface area contributed by atoms with Crippen molar-refractivity contribution >= 4 is 21.8 Å². The number of nitriles is 3. The van der Waals surface area contributed by atoms with Gasteiger partial charge in [0, 0.05) is 28.9 Å². The van der Waals surface area contributed by atoms with E-state index in [4.69, 9.17) is 0 Å². The number of rotatable bonds is 3. The Kier molecular flexibility index (Phi) is 5.20. The van der Waals surface area contributed by atoms with Crippen LogP contribution in [0.1, 0.15) is 16.7 Å². The monoisotopic (exact) mass is 471 g/mol. The van der Waals surface area contributed by atoms with Gasteiger partial charge in [-0.2, -0.15) is 15.8 Å². The van der Waals surface area contributed by atoms with Gasteiger partial charge in [0.25, 0.3) is 0 Å². The number of pyridine rings is 1. The Bertz CT molecular complexity index is 1930. The predicted octanol–water partition coefficient (Wildman–Crippen LogP) is 7.13. The molecular weight excluding hydrogens is 454 g/mol. The largest absolute Gasteiger partial charge is 0.309 e. The highest BCUT2D eigenvalue weighted by Gasteiger charge is 2.15. The first kappa shape index (κ1) is 21.8. The third kappa shape index (κ3) is 3.76. The second-order valence-electron chi connectivity index (χ2n) is 8.72. The number of aromatic nitrogens is 2. The predicted molar refractivity (Wildman–Crippen MR) is 144 cm³/mol. The van der Waals surface area contributed by atoms with Crippen molar-refractivity contribution in [3.63, 3.8) is 0 Å². The fraction of sp³-hybridized carbons (Fsp3) is 0. The van der Waals surface area contributed by atoms with E-state index in [2.05, 4.69) is 58.1 Å². The first-order chi connectivity index (χ1) is 18.2. The van der Waals surface area contributed by atoms with Gasteiger partial charge in [-0.15, -0.1) is 0 Å². The Morgan fingerprint density at radius 3 is 1.84 bits per heavy atom. The zero-order valence-electron chi connectivity index (χ0n) is 19.6. The lowest BCUT2D eigenvalue weighted by Gasteiger charge is -2.12. The molecule has 0 spiro atoms. The highest BCUT2D eigenvalue weighted by molar-refractivity contribution is 6.10. The third-order valence-corrected chi connectivity index (χ3v) is 6.52. The summed E-state index contributed by atoms with van der Waals surface area (Å²) in [6.07, 6.45) is 3.48. The zero-order chi connectivity index (χ0) is 25.4. The molecule has 170 valence electrons. The Hall–Kier alpha value is -5.70. The molecule has 0 saturated carbocycles. The number of nitrogens with zero attached hydrogens (tertiary/aromatic N) is 5. The van der Waals surface area contributed by atoms with Crippen molar-refractivity contribution in [3.8, 4) is 46.1 Å². The smallest absolute Gasteiger partial charge is 0.0992 e. The van der Waals surface area contributed by atoms with Gasteiger partial charge >= 0.3 is 0 Å². The van der Waals surface area contributed by atoms with E-state index in [1.165, 1.54) is 0 Å². The number of benzene rings is 4. The Balaban J connectivity index is 1.65. The minimum Gasteiger partial charge on any atom is -0.309 e. The lowest BCUT2D eigenvalue weighted by molar-refractivity contribution is 1.18. The van der Waals surface area contributed by atoms with Crippen molar-refractivity contribution in [3.05, 3.63) is 120 Å². The topological polar surface area (TPSA) is 89.2 Å². The van der Waals surface area contributed by atoms with E-state index < -0.39 is 0 Å². The molecule has 0 fully saturated rings. The molecule has 5 nitrogen and oxygen atoms in total. The Labute approximate surface area is 213 Å². The molecule has 6 aromatic rings. The molecule has 0 N–H and O–H groups in total. The SMILES string of the molecule is N#Cc1cc(C#N)cc(-c2ccc3c4ccccc4n(-c4cc(C#N)cc(-c5ccncc5)c4)c3c2)c1. The van der Waals surface area contributed by atoms with Gasteiger partial charge in [-0.1, -0.05) is 30.3 Å². The van der Waals surface area contributed by atoms with Crippen LogP contribution in [0.4, 0.5) is 0 Å². The molecule has 0 aliphatic carbocycles. The molecule has 0 unspecified atom stereocenters. The van der Waals surface area contributed by atoms with Crippen LogP contribution in [0.3, 0.4) is 0 Å². The molecule has 5 heteroatoms. The van der Waals surface area contributed by atoms with Gasteiger partial charge in [-0.05, 0) is 82.9 Å². The van der Waals surface area contributed by atoms with E-state index in [1.54, 1.807) is 30.6 Å². The standard InChI is InChI=1S/C32H17N5/c33-18-21-11-22(19-34)13-26(12-21)25-5-6-30-29-3-1-2-4-31(29)37(32(30)17-25)28-15-23(20-35)14-27(16-28)24-7-9-36-10-8-24/h1-17H. The van der Waals surface area contributed by atoms with Gasteiger partial charge in [0.05, 0.1) is 45.9 Å². The molecule has 0 atom stereocenters. The van der Waals surface area contributed by atoms with Crippen LogP contribution in [-0.4, -0.2) is 9.55 Å². The molecule has 37 heavy (non-hydrogen) atoms. The number of hydrogen-bond acceptors (Lipinski definition) is 4. The summed E-state index contributed by atoms with van der Waals surface area (Å²) in [5, 5.41) is 30.9. The average Bonchev–Trinajstić information content (AvgIpc) is 3.30. The Morgan fingerprint density at radius 1 is 0.514 bits per heavy atom. The van der Waals surface area contributed by atoms with E-state index in [0.29, 0.717) is 16.7 Å². The van der Waals surface area contributed by atoms with Gasteiger partial charge in [0.15, 0.2) is 0 Å². The fourth-order valence-electron chi connectivity index (χ4n) is 4.87. The lowest BCUT2D eigenvalue weighted by Crippen LogP contribution is -1.96. The molecule has 4 aromatic carbocycles. The van der Waals surface area contributed by atoms with E-state index in [9.17, 15) is 15.8 Å². The zero-order valence-corrected chi connectivity index (χ0v) is 19.6. The van der Waals surface area contributed by atoms with Crippen LogP contribution in [0.15, 0.2) is 103 Å². The summed E-state index contributed by atoms with van der Waals surface area (Å²) < 4.78 is 2.17.